The van der Waals surface area contributed by atoms with Crippen LogP contribution in [0.5, 0.6) is 0 Å². The van der Waals surface area contributed by atoms with Crippen molar-refractivity contribution >= 4 is 22.2 Å². The number of rotatable bonds is 4. The topological polar surface area (TPSA) is 114 Å². The second-order valence-corrected chi connectivity index (χ2v) is 11.5. The van der Waals surface area contributed by atoms with E-state index < -0.39 is 45.5 Å². The Kier molecular flexibility index (Phi) is 7.59. The van der Waals surface area contributed by atoms with E-state index in [-0.39, 0.29) is 18.0 Å². The van der Waals surface area contributed by atoms with Crippen LogP contribution in [0, 0.1) is 0 Å². The number of benzene rings is 1. The summed E-state index contributed by atoms with van der Waals surface area (Å²) in [7, 11) is -3.82. The average Bonchev–Trinajstić information content (AvgIpc) is 2.58. The Balaban J connectivity index is 2.21. The quantitative estimate of drug-likeness (QED) is 0.722. The van der Waals surface area contributed by atoms with E-state index in [1.54, 1.807) is 59.7 Å². The molecular weight excluding hydrogens is 422 g/mol. The summed E-state index contributed by atoms with van der Waals surface area (Å²) < 4.78 is 38.1. The Bertz CT molecular complexity index is 837. The molecule has 0 saturated carbocycles. The first-order chi connectivity index (χ1) is 14.2. The third-order valence-electron chi connectivity index (χ3n) is 4.24. The van der Waals surface area contributed by atoms with Crippen LogP contribution in [0.15, 0.2) is 35.2 Å². The normalized spacial score (nSPS) is 20.6. The minimum Gasteiger partial charge on any atom is -0.444 e. The summed E-state index contributed by atoms with van der Waals surface area (Å²) in [6, 6.07) is 6.93. The zero-order valence-electron chi connectivity index (χ0n) is 19.0. The third kappa shape index (κ3) is 8.02. The van der Waals surface area contributed by atoms with Crippen LogP contribution in [0.3, 0.4) is 0 Å². The van der Waals surface area contributed by atoms with Crippen molar-refractivity contribution in [2.75, 3.05) is 13.1 Å². The van der Waals surface area contributed by atoms with E-state index in [2.05, 4.69) is 10.6 Å². The Morgan fingerprint density at radius 3 is 1.68 bits per heavy atom. The van der Waals surface area contributed by atoms with Crippen molar-refractivity contribution in [2.24, 2.45) is 0 Å². The number of amides is 2. The minimum atomic E-state index is -3.82. The van der Waals surface area contributed by atoms with Crippen LogP contribution in [-0.2, 0) is 19.5 Å². The number of sulfonamides is 1. The number of hydrogen-bond acceptors (Lipinski definition) is 6. The second-order valence-electron chi connectivity index (χ2n) is 9.56. The molecule has 0 radical (unpaired) electrons. The molecule has 2 amide bonds. The summed E-state index contributed by atoms with van der Waals surface area (Å²) >= 11 is 0. The van der Waals surface area contributed by atoms with Gasteiger partial charge in [-0.25, -0.2) is 18.0 Å². The molecule has 1 aliphatic rings. The summed E-state index contributed by atoms with van der Waals surface area (Å²) in [4.78, 5) is 24.7. The highest BCUT2D eigenvalue weighted by atomic mass is 32.2. The Hall–Kier alpha value is -2.33. The molecule has 0 aliphatic carbocycles. The summed E-state index contributed by atoms with van der Waals surface area (Å²) in [5, 5.41) is 5.44. The maximum atomic E-state index is 13.1. The van der Waals surface area contributed by atoms with Crippen LogP contribution in [-0.4, -0.2) is 61.3 Å². The van der Waals surface area contributed by atoms with E-state index in [0.29, 0.717) is 6.42 Å². The molecule has 2 N–H and O–H groups in total. The molecule has 9 nitrogen and oxygen atoms in total. The Labute approximate surface area is 184 Å². The van der Waals surface area contributed by atoms with Crippen LogP contribution >= 0.6 is 0 Å². The van der Waals surface area contributed by atoms with Gasteiger partial charge >= 0.3 is 12.2 Å². The van der Waals surface area contributed by atoms with Gasteiger partial charge in [0, 0.05) is 25.2 Å². The number of nitrogens with one attached hydrogen (secondary N) is 2. The van der Waals surface area contributed by atoms with Crippen LogP contribution in [0.2, 0.25) is 0 Å². The van der Waals surface area contributed by atoms with Crippen molar-refractivity contribution in [3.8, 4) is 0 Å². The molecule has 2 rings (SSSR count). The van der Waals surface area contributed by atoms with Crippen LogP contribution in [0.4, 0.5) is 9.59 Å². The fourth-order valence-corrected chi connectivity index (χ4v) is 4.71. The maximum absolute atomic E-state index is 13.1. The van der Waals surface area contributed by atoms with Crippen LogP contribution < -0.4 is 10.6 Å². The van der Waals surface area contributed by atoms with E-state index in [1.165, 1.54) is 16.4 Å². The molecule has 2 unspecified atom stereocenters. The van der Waals surface area contributed by atoms with Gasteiger partial charge in [0.2, 0.25) is 10.0 Å². The van der Waals surface area contributed by atoms with E-state index in [4.69, 9.17) is 9.47 Å². The van der Waals surface area contributed by atoms with Crippen molar-refractivity contribution < 1.29 is 27.5 Å². The predicted octanol–water partition coefficient (Wildman–Crippen LogP) is 2.87. The molecular formula is C21H33N3O6S. The Morgan fingerprint density at radius 2 is 1.29 bits per heavy atom. The molecule has 1 aromatic rings. The van der Waals surface area contributed by atoms with Gasteiger partial charge in [0.1, 0.15) is 11.2 Å². The monoisotopic (exact) mass is 455 g/mol. The minimum absolute atomic E-state index is 0.0585. The molecule has 2 atom stereocenters. The summed E-state index contributed by atoms with van der Waals surface area (Å²) in [5.74, 6) is 0. The van der Waals surface area contributed by atoms with Crippen LogP contribution in [0.25, 0.3) is 0 Å². The zero-order valence-corrected chi connectivity index (χ0v) is 19.8. The highest BCUT2D eigenvalue weighted by molar-refractivity contribution is 7.89. The van der Waals surface area contributed by atoms with Gasteiger partial charge in [-0.05, 0) is 60.1 Å². The number of nitrogens with zero attached hydrogens (tertiary/aromatic N) is 1. The lowest BCUT2D eigenvalue weighted by Gasteiger charge is -2.37. The smallest absolute Gasteiger partial charge is 0.407 e. The lowest BCUT2D eigenvalue weighted by molar-refractivity contribution is 0.0447. The number of alkyl carbamates (subject to hydrolysis) is 2. The number of piperidine rings is 1. The molecule has 0 aromatic heterocycles. The lowest BCUT2D eigenvalue weighted by Crippen LogP contribution is -2.58. The standard InChI is InChI=1S/C21H33N3O6S/c1-20(2,3)29-18(25)22-15-12-16(23-19(26)30-21(4,5)6)14-24(13-15)31(27,28)17-10-8-7-9-11-17/h7-11,15-16H,12-14H2,1-6H3,(H,22,25)(H,23,26). The van der Waals surface area contributed by atoms with Crippen molar-refractivity contribution in [3.63, 3.8) is 0 Å². The zero-order chi connectivity index (χ0) is 23.4. The summed E-state index contributed by atoms with van der Waals surface area (Å²) in [6.07, 6.45) is -0.959. The molecule has 1 saturated heterocycles. The first kappa shape index (κ1) is 24.9. The number of ether oxygens (including phenoxy) is 2. The van der Waals surface area contributed by atoms with Gasteiger partial charge in [-0.2, -0.15) is 4.31 Å². The number of carbonyl (C=O) groups is 2. The molecule has 1 aliphatic heterocycles. The number of carbonyl (C=O) groups excluding carboxylic acids is 2. The van der Waals surface area contributed by atoms with Gasteiger partial charge < -0.3 is 20.1 Å². The number of hydrogen-bond donors (Lipinski definition) is 2. The van der Waals surface area contributed by atoms with Gasteiger partial charge in [0.05, 0.1) is 4.90 Å². The third-order valence-corrected chi connectivity index (χ3v) is 6.09. The van der Waals surface area contributed by atoms with E-state index in [0.717, 1.165) is 0 Å². The second kappa shape index (κ2) is 9.44. The van der Waals surface area contributed by atoms with Crippen LogP contribution in [0.1, 0.15) is 48.0 Å². The molecule has 0 bridgehead atoms. The first-order valence-corrected chi connectivity index (χ1v) is 11.6. The average molecular weight is 456 g/mol. The van der Waals surface area contributed by atoms with Crippen molar-refractivity contribution in [2.45, 2.75) is 76.1 Å². The fraction of sp³-hybridized carbons (Fsp3) is 0.619. The summed E-state index contributed by atoms with van der Waals surface area (Å²) in [6.45, 7) is 10.6. The SMILES string of the molecule is CC(C)(C)OC(=O)NC1CC(NC(=O)OC(C)(C)C)CN(S(=O)(=O)c2ccccc2)C1. The molecule has 0 spiro atoms. The van der Waals surface area contributed by atoms with E-state index in [9.17, 15) is 18.0 Å². The first-order valence-electron chi connectivity index (χ1n) is 10.2. The van der Waals surface area contributed by atoms with Crippen molar-refractivity contribution in [1.82, 2.24) is 14.9 Å². The van der Waals surface area contributed by atoms with Gasteiger partial charge in [0.25, 0.3) is 0 Å². The molecule has 1 heterocycles. The van der Waals surface area contributed by atoms with E-state index >= 15 is 0 Å². The largest absolute Gasteiger partial charge is 0.444 e. The molecule has 1 fully saturated rings. The van der Waals surface area contributed by atoms with E-state index in [1.807, 2.05) is 0 Å². The van der Waals surface area contributed by atoms with Gasteiger partial charge in [-0.15, -0.1) is 0 Å². The summed E-state index contributed by atoms with van der Waals surface area (Å²) in [5.41, 5.74) is -1.38. The van der Waals surface area contributed by atoms with Gasteiger partial charge in [-0.3, -0.25) is 0 Å². The molecule has 10 heteroatoms. The maximum Gasteiger partial charge on any atom is 0.407 e. The molecule has 1 aromatic carbocycles. The van der Waals surface area contributed by atoms with Crippen molar-refractivity contribution in [3.05, 3.63) is 30.3 Å². The molecule has 31 heavy (non-hydrogen) atoms. The van der Waals surface area contributed by atoms with Crippen molar-refractivity contribution in [1.29, 1.82) is 0 Å². The van der Waals surface area contributed by atoms with Gasteiger partial charge in [-0.1, -0.05) is 18.2 Å². The highest BCUT2D eigenvalue weighted by Crippen LogP contribution is 2.22. The highest BCUT2D eigenvalue weighted by Gasteiger charge is 2.37. The predicted molar refractivity (Wildman–Crippen MR) is 116 cm³/mol. The lowest BCUT2D eigenvalue weighted by atomic mass is 10.0. The van der Waals surface area contributed by atoms with Gasteiger partial charge in [0.15, 0.2) is 0 Å². The molecule has 174 valence electrons. The fourth-order valence-electron chi connectivity index (χ4n) is 3.15. The Morgan fingerprint density at radius 1 is 0.871 bits per heavy atom.